The van der Waals surface area contributed by atoms with E-state index >= 15 is 0 Å². The Hall–Kier alpha value is -4.36. The Balaban J connectivity index is 0.000000203. The molecule has 0 aliphatic carbocycles. The minimum absolute atomic E-state index is 0. The summed E-state index contributed by atoms with van der Waals surface area (Å²) in [6.07, 6.45) is 0.502. The topological polar surface area (TPSA) is 56.7 Å². The van der Waals surface area contributed by atoms with Crippen LogP contribution in [0.25, 0.3) is 61.4 Å². The molecule has 4 heterocycles. The number of fused-ring (bicyclic) bond motifs is 4. The van der Waals surface area contributed by atoms with Gasteiger partial charge in [-0.3, -0.25) is 4.98 Å². The van der Waals surface area contributed by atoms with Crippen LogP contribution < -0.4 is 4.40 Å². The quantitative estimate of drug-likeness (QED) is 0.127. The third kappa shape index (κ3) is 8.72. The smallest absolute Gasteiger partial charge is 0 e. The predicted molar refractivity (Wildman–Crippen MR) is 228 cm³/mol. The average Bonchev–Trinajstić information content (AvgIpc) is 3.72. The number of aryl methyl sites for hydroxylation is 1. The van der Waals surface area contributed by atoms with Gasteiger partial charge >= 0.3 is 135 Å². The SMILES string of the molecule is Cc1ccc2c(n1)oc1c(-c3nc4ccccc4n3-c3ccc(C(C)(C)C)cc3)[c-]ccc12.[2H]C([2H])(c1cc(-c2[c-]cccc2)nc[c]1[Ge]([CH3])([CH3])[CH3])C(C)(C)C.[Ir]. The van der Waals surface area contributed by atoms with E-state index in [1.165, 1.54) is 5.56 Å². The first kappa shape index (κ1) is 37.6. The third-order valence-electron chi connectivity index (χ3n) is 9.42. The van der Waals surface area contributed by atoms with E-state index in [-0.39, 0.29) is 25.5 Å². The van der Waals surface area contributed by atoms with Crippen LogP contribution in [-0.4, -0.2) is 32.8 Å². The Kier molecular flexibility index (Phi) is 10.7. The van der Waals surface area contributed by atoms with E-state index < -0.39 is 25.1 Å². The number of aromatic nitrogens is 4. The standard InChI is InChI=1S/C29H24N3O.C19H26GeN.Ir/c1-18-12-17-22-21-8-7-9-23(26(21)33-28(22)30-18)27-31-24-10-5-6-11-25(24)32(27)20-15-13-19(14-16-20)29(2,3)4;1-19(2,3)13-16-12-18(15-10-8-7-9-11-15)21-14-17(16)20(4,5)6;/h5-8,10-17H,1-4H3;7-10,12,14H,13H2,1-6H3;/q2*-1;/i;13D2;. The summed E-state index contributed by atoms with van der Waals surface area (Å²) in [7, 11) is 0. The molecule has 0 atom stereocenters. The van der Waals surface area contributed by atoms with Gasteiger partial charge in [-0.15, -0.1) is 18.2 Å². The number of nitrogens with zero attached hydrogens (tertiary/aromatic N) is 4. The molecule has 0 aliphatic rings. The predicted octanol–water partition coefficient (Wildman–Crippen LogP) is 12.1. The fourth-order valence-corrected chi connectivity index (χ4v) is 9.63. The molecule has 283 valence electrons. The zero-order valence-corrected chi connectivity index (χ0v) is 37.9. The van der Waals surface area contributed by atoms with Crippen molar-refractivity contribution < 1.29 is 27.3 Å². The maximum Gasteiger partial charge on any atom is 0 e. The normalized spacial score (nSPS) is 12.9. The summed E-state index contributed by atoms with van der Waals surface area (Å²) >= 11 is -2.24. The molecule has 0 amide bonds. The van der Waals surface area contributed by atoms with E-state index in [9.17, 15) is 0 Å². The molecule has 0 spiro atoms. The molecule has 0 unspecified atom stereocenters. The van der Waals surface area contributed by atoms with Crippen LogP contribution in [0.4, 0.5) is 0 Å². The van der Waals surface area contributed by atoms with Gasteiger partial charge in [0.15, 0.2) is 0 Å². The van der Waals surface area contributed by atoms with Crippen molar-refractivity contribution in [2.75, 3.05) is 0 Å². The molecule has 4 aromatic heterocycles. The first-order chi connectivity index (χ1) is 26.3. The molecule has 0 bridgehead atoms. The molecule has 0 fully saturated rings. The van der Waals surface area contributed by atoms with Gasteiger partial charge in [0.05, 0.1) is 22.4 Å². The van der Waals surface area contributed by atoms with E-state index in [0.717, 1.165) is 71.4 Å². The zero-order chi connectivity index (χ0) is 40.2. The first-order valence-corrected chi connectivity index (χ1v) is 26.0. The van der Waals surface area contributed by atoms with Gasteiger partial charge in [-0.25, -0.2) is 4.98 Å². The van der Waals surface area contributed by atoms with Gasteiger partial charge in [0.25, 0.3) is 0 Å². The summed E-state index contributed by atoms with van der Waals surface area (Å²) in [4.78, 5) is 14.2. The van der Waals surface area contributed by atoms with Crippen molar-refractivity contribution in [3.8, 4) is 28.3 Å². The van der Waals surface area contributed by atoms with Gasteiger partial charge in [0.1, 0.15) is 0 Å². The summed E-state index contributed by atoms with van der Waals surface area (Å²) in [5, 5.41) is 2.02. The van der Waals surface area contributed by atoms with Crippen molar-refractivity contribution in [2.24, 2.45) is 5.41 Å². The van der Waals surface area contributed by atoms with Gasteiger partial charge in [-0.2, -0.15) is 0 Å². The van der Waals surface area contributed by atoms with Gasteiger partial charge in [0.2, 0.25) is 5.71 Å². The van der Waals surface area contributed by atoms with Gasteiger partial charge in [-0.05, 0) is 54.3 Å². The van der Waals surface area contributed by atoms with E-state index in [1.807, 2.05) is 101 Å². The Labute approximate surface area is 345 Å². The second kappa shape index (κ2) is 15.6. The number of furan rings is 1. The second-order valence-corrected chi connectivity index (χ2v) is 27.6. The fourth-order valence-electron chi connectivity index (χ4n) is 6.71. The molecular weight excluding hydrogens is 913 g/mol. The molecule has 0 N–H and O–H groups in total. The molecule has 0 saturated carbocycles. The Morgan fingerprint density at radius 3 is 2.20 bits per heavy atom. The molecule has 55 heavy (non-hydrogen) atoms. The number of hydrogen-bond acceptors (Lipinski definition) is 4. The molecule has 1 radical (unpaired) electrons. The summed E-state index contributed by atoms with van der Waals surface area (Å²) in [5.74, 6) is 7.66. The molecule has 8 aromatic rings. The fraction of sp³-hybridized carbons (Fsp3) is 0.271. The summed E-state index contributed by atoms with van der Waals surface area (Å²) < 4.78 is 27.1. The molecule has 7 heteroatoms. The molecule has 0 aliphatic heterocycles. The van der Waals surface area contributed by atoms with Crippen molar-refractivity contribution in [1.82, 2.24) is 19.5 Å². The molecule has 0 saturated heterocycles. The van der Waals surface area contributed by atoms with Crippen LogP contribution in [0.1, 0.15) is 61.1 Å². The number of para-hydroxylation sites is 2. The number of rotatable bonds is 5. The number of imidazole rings is 1. The Bertz CT molecular complexity index is 2680. The maximum absolute atomic E-state index is 8.76. The van der Waals surface area contributed by atoms with Crippen LogP contribution in [0, 0.1) is 24.5 Å². The van der Waals surface area contributed by atoms with E-state index in [0.29, 0.717) is 5.71 Å². The van der Waals surface area contributed by atoms with Gasteiger partial charge < -0.3 is 8.98 Å². The van der Waals surface area contributed by atoms with Crippen LogP contribution >= 0.6 is 0 Å². The maximum atomic E-state index is 8.76. The first-order valence-electron chi connectivity index (χ1n) is 19.6. The number of pyridine rings is 2. The summed E-state index contributed by atoms with van der Waals surface area (Å²) in [5.41, 5.74) is 9.62. The molecule has 5 nitrogen and oxygen atoms in total. The third-order valence-corrected chi connectivity index (χ3v) is 13.6. The van der Waals surface area contributed by atoms with Crippen LogP contribution in [-0.2, 0) is 31.9 Å². The van der Waals surface area contributed by atoms with E-state index in [4.69, 9.17) is 12.1 Å². The van der Waals surface area contributed by atoms with Crippen LogP contribution in [0.15, 0.2) is 114 Å². The van der Waals surface area contributed by atoms with Crippen molar-refractivity contribution in [3.05, 3.63) is 138 Å². The zero-order valence-electron chi connectivity index (χ0n) is 35.4. The van der Waals surface area contributed by atoms with Crippen molar-refractivity contribution in [1.29, 1.82) is 0 Å². The minimum Gasteiger partial charge on any atom is 0 e. The van der Waals surface area contributed by atoms with E-state index in [2.05, 4.69) is 101 Å². The summed E-state index contributed by atoms with van der Waals surface area (Å²) in [6.45, 7) is 14.5. The van der Waals surface area contributed by atoms with Crippen molar-refractivity contribution >= 4 is 50.8 Å². The van der Waals surface area contributed by atoms with Gasteiger partial charge in [-0.1, -0.05) is 56.0 Å². The Morgan fingerprint density at radius 1 is 0.800 bits per heavy atom. The second-order valence-electron chi connectivity index (χ2n) is 17.1. The van der Waals surface area contributed by atoms with Crippen molar-refractivity contribution in [2.45, 2.75) is 77.5 Å². The summed E-state index contributed by atoms with van der Waals surface area (Å²) in [6, 6.07) is 41.3. The molecule has 4 aromatic carbocycles. The average molecular weight is 966 g/mol. The van der Waals surface area contributed by atoms with Crippen molar-refractivity contribution in [3.63, 3.8) is 0 Å². The number of hydrogen-bond donors (Lipinski definition) is 0. The Morgan fingerprint density at radius 2 is 1.53 bits per heavy atom. The van der Waals surface area contributed by atoms with Crippen LogP contribution in [0.2, 0.25) is 17.3 Å². The monoisotopic (exact) mass is 967 g/mol. The molecule has 8 rings (SSSR count). The van der Waals surface area contributed by atoms with Crippen LogP contribution in [0.5, 0.6) is 0 Å². The van der Waals surface area contributed by atoms with Crippen LogP contribution in [0.3, 0.4) is 0 Å². The molecular formula is C48H50GeIrN4O-2. The van der Waals surface area contributed by atoms with E-state index in [1.54, 1.807) is 0 Å². The largest absolute Gasteiger partial charge is 0 e. The van der Waals surface area contributed by atoms with Gasteiger partial charge in [0, 0.05) is 36.9 Å². The minimum atomic E-state index is -2.24. The number of benzene rings is 4.